The summed E-state index contributed by atoms with van der Waals surface area (Å²) in [7, 11) is 0. The van der Waals surface area contributed by atoms with Crippen LogP contribution in [0.4, 0.5) is 10.1 Å². The summed E-state index contributed by atoms with van der Waals surface area (Å²) in [6.45, 7) is 2.49. The van der Waals surface area contributed by atoms with Crippen LogP contribution in [0, 0.1) is 5.82 Å². The van der Waals surface area contributed by atoms with Gasteiger partial charge in [-0.3, -0.25) is 0 Å². The number of nitrogens with two attached hydrogens (primary N) is 1. The van der Waals surface area contributed by atoms with Crippen LogP contribution in [-0.4, -0.2) is 6.61 Å². The molecule has 0 spiro atoms. The lowest BCUT2D eigenvalue weighted by atomic mass is 10.0. The van der Waals surface area contributed by atoms with Crippen LogP contribution in [0.15, 0.2) is 46.9 Å². The second-order valence-electron chi connectivity index (χ2n) is 4.20. The zero-order valence-electron chi connectivity index (χ0n) is 10.6. The van der Waals surface area contributed by atoms with Crippen LogP contribution in [0.1, 0.15) is 24.2 Å². The standard InChI is InChI=1S/C15H15BrFNO/c1-2-19-15(10-3-5-13(17)6-4-10)11-7-12(16)9-14(18)8-11/h3-9,15H,2,18H2,1H3. The van der Waals surface area contributed by atoms with Gasteiger partial charge in [-0.2, -0.15) is 0 Å². The van der Waals surface area contributed by atoms with Gasteiger partial charge in [-0.05, 0) is 48.4 Å². The zero-order chi connectivity index (χ0) is 13.8. The summed E-state index contributed by atoms with van der Waals surface area (Å²) in [4.78, 5) is 0. The van der Waals surface area contributed by atoms with E-state index in [1.54, 1.807) is 12.1 Å². The normalized spacial score (nSPS) is 12.4. The third kappa shape index (κ3) is 3.55. The molecule has 0 fully saturated rings. The molecule has 0 aliphatic carbocycles. The molecule has 4 heteroatoms. The minimum atomic E-state index is -0.257. The molecule has 1 unspecified atom stereocenters. The van der Waals surface area contributed by atoms with Crippen molar-refractivity contribution in [2.45, 2.75) is 13.0 Å². The van der Waals surface area contributed by atoms with Gasteiger partial charge in [0.05, 0.1) is 0 Å². The van der Waals surface area contributed by atoms with Gasteiger partial charge in [-0.1, -0.05) is 28.1 Å². The predicted octanol–water partition coefficient (Wildman–Crippen LogP) is 4.30. The Hall–Kier alpha value is -1.39. The fraction of sp³-hybridized carbons (Fsp3) is 0.200. The van der Waals surface area contributed by atoms with Gasteiger partial charge < -0.3 is 10.5 Å². The number of benzene rings is 2. The van der Waals surface area contributed by atoms with E-state index in [9.17, 15) is 4.39 Å². The average molecular weight is 324 g/mol. The van der Waals surface area contributed by atoms with Crippen LogP contribution in [0.5, 0.6) is 0 Å². The van der Waals surface area contributed by atoms with Gasteiger partial charge in [0.1, 0.15) is 11.9 Å². The number of rotatable bonds is 4. The van der Waals surface area contributed by atoms with Crippen LogP contribution in [0.25, 0.3) is 0 Å². The van der Waals surface area contributed by atoms with Crippen LogP contribution >= 0.6 is 15.9 Å². The van der Waals surface area contributed by atoms with Crippen molar-refractivity contribution in [2.75, 3.05) is 12.3 Å². The number of anilines is 1. The molecule has 2 rings (SSSR count). The third-order valence-electron chi connectivity index (χ3n) is 2.75. The van der Waals surface area contributed by atoms with Crippen LogP contribution in [0.3, 0.4) is 0 Å². The first-order valence-electron chi connectivity index (χ1n) is 6.03. The van der Waals surface area contributed by atoms with Crippen molar-refractivity contribution in [3.63, 3.8) is 0 Å². The summed E-state index contributed by atoms with van der Waals surface area (Å²) < 4.78 is 19.7. The minimum Gasteiger partial charge on any atom is -0.399 e. The molecule has 0 aliphatic rings. The van der Waals surface area contributed by atoms with Crippen molar-refractivity contribution >= 4 is 21.6 Å². The molecule has 0 bridgehead atoms. The highest BCUT2D eigenvalue weighted by Crippen LogP contribution is 2.30. The fourth-order valence-corrected chi connectivity index (χ4v) is 2.51. The Morgan fingerprint density at radius 1 is 1.16 bits per heavy atom. The Balaban J connectivity index is 2.41. The molecule has 0 aliphatic heterocycles. The van der Waals surface area contributed by atoms with E-state index in [-0.39, 0.29) is 11.9 Å². The molecular formula is C15H15BrFNO. The Labute approximate surface area is 120 Å². The summed E-state index contributed by atoms with van der Waals surface area (Å²) in [6.07, 6.45) is -0.245. The lowest BCUT2D eigenvalue weighted by molar-refractivity contribution is 0.0913. The molecule has 2 aromatic carbocycles. The van der Waals surface area contributed by atoms with Crippen molar-refractivity contribution in [3.05, 3.63) is 63.9 Å². The SMILES string of the molecule is CCOC(c1ccc(F)cc1)c1cc(N)cc(Br)c1. The highest BCUT2D eigenvalue weighted by Gasteiger charge is 2.15. The molecule has 0 saturated heterocycles. The molecule has 100 valence electrons. The molecule has 19 heavy (non-hydrogen) atoms. The van der Waals surface area contributed by atoms with Crippen molar-refractivity contribution in [1.29, 1.82) is 0 Å². The van der Waals surface area contributed by atoms with Crippen LogP contribution in [-0.2, 0) is 4.74 Å². The van der Waals surface area contributed by atoms with E-state index in [1.165, 1.54) is 12.1 Å². The number of halogens is 2. The largest absolute Gasteiger partial charge is 0.399 e. The molecule has 2 N–H and O–H groups in total. The molecule has 0 saturated carbocycles. The summed E-state index contributed by atoms with van der Waals surface area (Å²) in [6, 6.07) is 12.0. The maximum Gasteiger partial charge on any atom is 0.123 e. The zero-order valence-corrected chi connectivity index (χ0v) is 12.2. The summed E-state index contributed by atoms with van der Waals surface area (Å²) >= 11 is 3.42. The second-order valence-corrected chi connectivity index (χ2v) is 5.12. The first-order valence-corrected chi connectivity index (χ1v) is 6.82. The Kier molecular flexibility index (Phi) is 4.56. The molecule has 0 aromatic heterocycles. The summed E-state index contributed by atoms with van der Waals surface area (Å²) in [5.41, 5.74) is 8.36. The van der Waals surface area contributed by atoms with Crippen LogP contribution in [0.2, 0.25) is 0 Å². The minimum absolute atomic E-state index is 0.245. The molecule has 2 nitrogen and oxygen atoms in total. The maximum absolute atomic E-state index is 13.0. The number of hydrogen-bond donors (Lipinski definition) is 1. The first kappa shape index (κ1) is 14.0. The topological polar surface area (TPSA) is 35.2 Å². The number of ether oxygens (including phenoxy) is 1. The molecule has 0 heterocycles. The highest BCUT2D eigenvalue weighted by atomic mass is 79.9. The van der Waals surface area contributed by atoms with Crippen molar-refractivity contribution in [1.82, 2.24) is 0 Å². The van der Waals surface area contributed by atoms with Crippen molar-refractivity contribution in [2.24, 2.45) is 0 Å². The Bertz CT molecular complexity index is 536. The highest BCUT2D eigenvalue weighted by molar-refractivity contribution is 9.10. The quantitative estimate of drug-likeness (QED) is 0.851. The first-order chi connectivity index (χ1) is 9.10. The average Bonchev–Trinajstić information content (AvgIpc) is 2.36. The predicted molar refractivity (Wildman–Crippen MR) is 78.4 cm³/mol. The number of nitrogen functional groups attached to an aromatic ring is 1. The van der Waals surface area contributed by atoms with E-state index < -0.39 is 0 Å². The molecule has 2 aromatic rings. The van der Waals surface area contributed by atoms with Gasteiger partial charge in [0, 0.05) is 16.8 Å². The van der Waals surface area contributed by atoms with Crippen molar-refractivity contribution < 1.29 is 9.13 Å². The number of hydrogen-bond acceptors (Lipinski definition) is 2. The van der Waals surface area contributed by atoms with E-state index in [2.05, 4.69) is 15.9 Å². The molecule has 0 radical (unpaired) electrons. The lowest BCUT2D eigenvalue weighted by Crippen LogP contribution is -2.07. The van der Waals surface area contributed by atoms with Gasteiger partial charge in [0.2, 0.25) is 0 Å². The van der Waals surface area contributed by atoms with Crippen molar-refractivity contribution in [3.8, 4) is 0 Å². The molecule has 0 amide bonds. The Morgan fingerprint density at radius 2 is 1.84 bits per heavy atom. The maximum atomic E-state index is 13.0. The third-order valence-corrected chi connectivity index (χ3v) is 3.21. The monoisotopic (exact) mass is 323 g/mol. The smallest absolute Gasteiger partial charge is 0.123 e. The van der Waals surface area contributed by atoms with Gasteiger partial charge in [-0.15, -0.1) is 0 Å². The van der Waals surface area contributed by atoms with Gasteiger partial charge in [0.25, 0.3) is 0 Å². The second kappa shape index (κ2) is 6.17. The van der Waals surface area contributed by atoms with Crippen LogP contribution < -0.4 is 5.73 Å². The van der Waals surface area contributed by atoms with Gasteiger partial charge >= 0.3 is 0 Å². The van der Waals surface area contributed by atoms with E-state index in [0.29, 0.717) is 12.3 Å². The fourth-order valence-electron chi connectivity index (χ4n) is 1.98. The molecule has 1 atom stereocenters. The molecular weight excluding hydrogens is 309 g/mol. The van der Waals surface area contributed by atoms with E-state index in [1.807, 2.05) is 25.1 Å². The van der Waals surface area contributed by atoms with Gasteiger partial charge in [-0.25, -0.2) is 4.39 Å². The van der Waals surface area contributed by atoms with E-state index >= 15 is 0 Å². The summed E-state index contributed by atoms with van der Waals surface area (Å²) in [5.74, 6) is -0.257. The van der Waals surface area contributed by atoms with E-state index in [0.717, 1.165) is 15.6 Å². The lowest BCUT2D eigenvalue weighted by Gasteiger charge is -2.19. The van der Waals surface area contributed by atoms with E-state index in [4.69, 9.17) is 10.5 Å². The summed E-state index contributed by atoms with van der Waals surface area (Å²) in [5, 5.41) is 0. The van der Waals surface area contributed by atoms with Gasteiger partial charge in [0.15, 0.2) is 0 Å². The Morgan fingerprint density at radius 3 is 2.42 bits per heavy atom.